The summed E-state index contributed by atoms with van der Waals surface area (Å²) in [4.78, 5) is 15.6. The van der Waals surface area contributed by atoms with Gasteiger partial charge in [0.05, 0.1) is 41.9 Å². The van der Waals surface area contributed by atoms with Crippen LogP contribution in [0.25, 0.3) is 38.6 Å². The second kappa shape index (κ2) is 25.1. The van der Waals surface area contributed by atoms with Crippen molar-refractivity contribution in [2.75, 3.05) is 18.6 Å². The van der Waals surface area contributed by atoms with Crippen LogP contribution < -0.4 is 9.47 Å². The SMILES string of the molecule is CS(=O)(=O)O.Cc1cc(N=Nc2c(C)c(C#N)c3nc4ccccc4n3c2O)c(OCCCS(=O)(=O)O)cc1N=Nc1sc(N=Nc2ccccc2S(=O)(=O)O)c(-c2c(CO)c(OC=O)cc3ccccc23)c1C#N.O=S(=O)=O. The van der Waals surface area contributed by atoms with E-state index in [-0.39, 0.29) is 109 Å². The lowest BCUT2D eigenvalue weighted by molar-refractivity contribution is -0.120. The molecule has 8 aromatic rings. The molecule has 0 fully saturated rings. The summed E-state index contributed by atoms with van der Waals surface area (Å²) < 4.78 is 131. The van der Waals surface area contributed by atoms with Gasteiger partial charge in [0.25, 0.3) is 36.8 Å². The number of para-hydroxylation sites is 2. The number of aliphatic hydroxyl groups excluding tert-OH is 1. The number of carbonyl (C=O) groups excluding carboxylic acids is 1. The Hall–Kier alpha value is -8.83. The Morgan fingerprint density at radius 3 is 2.01 bits per heavy atom. The third-order valence-corrected chi connectivity index (χ3v) is 13.4. The zero-order valence-corrected chi connectivity index (χ0v) is 44.8. The average Bonchev–Trinajstić information content (AvgIpc) is 3.97. The summed E-state index contributed by atoms with van der Waals surface area (Å²) in [5, 5.41) is 70.3. The third-order valence-electron chi connectivity index (χ3n) is 10.7. The molecule has 0 aliphatic heterocycles. The van der Waals surface area contributed by atoms with E-state index in [0.29, 0.717) is 33.6 Å². The van der Waals surface area contributed by atoms with Gasteiger partial charge in [-0.3, -0.25) is 22.9 Å². The van der Waals surface area contributed by atoms with Crippen LogP contribution in [0.2, 0.25) is 0 Å². The molecular formula is C47H38N10O17S5. The molecule has 0 aliphatic carbocycles. The van der Waals surface area contributed by atoms with Gasteiger partial charge in [0.15, 0.2) is 16.3 Å². The van der Waals surface area contributed by atoms with Crippen LogP contribution in [0.3, 0.4) is 0 Å². The van der Waals surface area contributed by atoms with E-state index in [1.165, 1.54) is 40.8 Å². The number of thiophene rings is 1. The van der Waals surface area contributed by atoms with Gasteiger partial charge in [0, 0.05) is 28.3 Å². The van der Waals surface area contributed by atoms with Crippen molar-refractivity contribution in [2.24, 2.45) is 30.7 Å². The smallest absolute Gasteiger partial charge is 0.425 e. The number of hydrogen-bond donors (Lipinski definition) is 5. The minimum absolute atomic E-state index is 0.00383. The van der Waals surface area contributed by atoms with E-state index in [4.69, 9.17) is 26.7 Å². The number of ether oxygens (including phenoxy) is 2. The van der Waals surface area contributed by atoms with Gasteiger partial charge >= 0.3 is 10.6 Å². The van der Waals surface area contributed by atoms with E-state index in [1.807, 2.05) is 0 Å². The number of hydrogen-bond acceptors (Lipinski definition) is 24. The van der Waals surface area contributed by atoms with Gasteiger partial charge < -0.3 is 19.7 Å². The lowest BCUT2D eigenvalue weighted by Crippen LogP contribution is -2.08. The van der Waals surface area contributed by atoms with Gasteiger partial charge in [-0.25, -0.2) is 4.98 Å². The van der Waals surface area contributed by atoms with Gasteiger partial charge in [-0.05, 0) is 73.0 Å². The predicted molar refractivity (Wildman–Crippen MR) is 282 cm³/mol. The van der Waals surface area contributed by atoms with Gasteiger partial charge in [-0.15, -0.1) is 43.3 Å². The zero-order valence-electron chi connectivity index (χ0n) is 40.7. The average molecular weight is 1180 g/mol. The summed E-state index contributed by atoms with van der Waals surface area (Å²) >= 11 is 0.804. The topological polar surface area (TPSA) is 429 Å². The molecule has 0 saturated carbocycles. The van der Waals surface area contributed by atoms with Crippen molar-refractivity contribution in [1.82, 2.24) is 9.38 Å². The van der Waals surface area contributed by atoms with Gasteiger partial charge in [-0.2, -0.15) is 35.8 Å². The first-order chi connectivity index (χ1) is 37.3. The molecule has 3 aromatic heterocycles. The Morgan fingerprint density at radius 2 is 1.37 bits per heavy atom. The Labute approximate surface area is 453 Å². The first-order valence-electron chi connectivity index (χ1n) is 21.9. The summed E-state index contributed by atoms with van der Waals surface area (Å²) in [6.45, 7) is 2.47. The number of fused-ring (bicyclic) bond motifs is 4. The number of pyridine rings is 1. The minimum atomic E-state index is -4.77. The minimum Gasteiger partial charge on any atom is -0.493 e. The fourth-order valence-corrected chi connectivity index (χ4v) is 9.53. The molecule has 0 saturated heterocycles. The number of aliphatic hydroxyl groups is 1. The van der Waals surface area contributed by atoms with Crippen molar-refractivity contribution in [3.63, 3.8) is 0 Å². The number of azo groups is 3. The van der Waals surface area contributed by atoms with Crippen LogP contribution in [0.4, 0.5) is 32.8 Å². The number of imidazole rings is 1. The normalized spacial score (nSPS) is 11.8. The lowest BCUT2D eigenvalue weighted by atomic mass is 9.91. The highest BCUT2D eigenvalue weighted by Crippen LogP contribution is 2.52. The van der Waals surface area contributed by atoms with Crippen LogP contribution in [-0.4, -0.2) is 96.2 Å². The van der Waals surface area contributed by atoms with Gasteiger partial charge in [0.2, 0.25) is 5.88 Å². The summed E-state index contributed by atoms with van der Waals surface area (Å²) in [6.07, 6.45) is 0.572. The summed E-state index contributed by atoms with van der Waals surface area (Å²) in [7, 11) is -15.9. The van der Waals surface area contributed by atoms with E-state index in [2.05, 4.69) is 47.8 Å². The number of nitrogens with zero attached hydrogens (tertiary/aromatic N) is 10. The maximum absolute atomic E-state index is 12.3. The molecule has 408 valence electrons. The van der Waals surface area contributed by atoms with Crippen molar-refractivity contribution in [1.29, 1.82) is 10.5 Å². The number of aryl methyl sites for hydroxylation is 1. The highest BCUT2D eigenvalue weighted by molar-refractivity contribution is 7.86. The largest absolute Gasteiger partial charge is 0.493 e. The van der Waals surface area contributed by atoms with E-state index in [1.54, 1.807) is 62.4 Å². The first kappa shape index (κ1) is 59.4. The quantitative estimate of drug-likeness (QED) is 0.0260. The zero-order chi connectivity index (χ0) is 58.0. The molecule has 3 heterocycles. The van der Waals surface area contributed by atoms with Crippen LogP contribution in [-0.2, 0) is 52.4 Å². The number of nitriles is 2. The van der Waals surface area contributed by atoms with E-state index in [0.717, 1.165) is 17.4 Å². The number of aromatic hydroxyl groups is 1. The standard InChI is InChI=1S/C46H34N10O11S3.CH4O3S.O3S/c1-25-18-35(52-53-42-26(2)29(21-47)43-49-32-12-5-7-14-36(32)56(43)46(42)59)38(66-16-9-17-69(60,61)62)20-34(25)51-54-44-30(22-48)41(45(68-44)55-50-33-13-6-8-15-39(33)70(63,64)65)40-28-11-4-3-10-27(28)19-37(67-24-58)31(40)23-57;1-5(2,3)4;1-4(2)3/h3-8,10-15,18-20,24,57,59H,9,16-17,23H2,1-2H3,(H,60,61,62)(H,63,64,65);1H3,(H,2,3,4);. The molecule has 0 amide bonds. The number of benzene rings is 5. The maximum Gasteiger partial charge on any atom is 0.425 e. The summed E-state index contributed by atoms with van der Waals surface area (Å²) in [5.41, 5.74) is 2.20. The lowest BCUT2D eigenvalue weighted by Gasteiger charge is -2.15. The molecule has 79 heavy (non-hydrogen) atoms. The van der Waals surface area contributed by atoms with Crippen molar-refractivity contribution in [2.45, 2.75) is 31.8 Å². The van der Waals surface area contributed by atoms with E-state index >= 15 is 0 Å². The molecule has 5 aromatic carbocycles. The van der Waals surface area contributed by atoms with Crippen LogP contribution in [0.15, 0.2) is 127 Å². The molecule has 8 rings (SSSR count). The van der Waals surface area contributed by atoms with Crippen molar-refractivity contribution < 1.29 is 76.0 Å². The highest BCUT2D eigenvalue weighted by Gasteiger charge is 2.27. The molecule has 32 heteroatoms. The fourth-order valence-electron chi connectivity index (χ4n) is 7.52. The first-order valence-corrected chi connectivity index (χ1v) is 28.6. The molecular weight excluding hydrogens is 1140 g/mol. The predicted octanol–water partition coefficient (Wildman–Crippen LogP) is 9.11. The molecule has 0 atom stereocenters. The second-order valence-electron chi connectivity index (χ2n) is 16.0. The van der Waals surface area contributed by atoms with Crippen LogP contribution in [0.5, 0.6) is 17.4 Å². The summed E-state index contributed by atoms with van der Waals surface area (Å²) in [6, 6.07) is 27.7. The van der Waals surface area contributed by atoms with Crippen LogP contribution >= 0.6 is 11.3 Å². The molecule has 5 N–H and O–H groups in total. The van der Waals surface area contributed by atoms with Gasteiger partial charge in [0.1, 0.15) is 56.0 Å². The monoisotopic (exact) mass is 1170 g/mol. The Bertz CT molecular complexity index is 4370. The molecule has 27 nitrogen and oxygen atoms in total. The third kappa shape index (κ3) is 14.6. The Balaban J connectivity index is 0.00000104. The van der Waals surface area contributed by atoms with Crippen molar-refractivity contribution >= 4 is 119 Å². The molecule has 0 bridgehead atoms. The van der Waals surface area contributed by atoms with Gasteiger partial charge in [-0.1, -0.05) is 59.9 Å². The van der Waals surface area contributed by atoms with E-state index < -0.39 is 58.2 Å². The maximum atomic E-state index is 12.3. The van der Waals surface area contributed by atoms with E-state index in [9.17, 15) is 59.9 Å². The van der Waals surface area contributed by atoms with Crippen molar-refractivity contribution in [3.8, 4) is 40.6 Å². The summed E-state index contributed by atoms with van der Waals surface area (Å²) in [5.74, 6) is -1.01. The molecule has 0 unspecified atom stereocenters. The number of rotatable bonds is 16. The Morgan fingerprint density at radius 1 is 0.759 bits per heavy atom. The molecule has 0 aliphatic rings. The van der Waals surface area contributed by atoms with Crippen LogP contribution in [0.1, 0.15) is 34.2 Å². The fraction of sp³-hybridized carbons (Fsp3) is 0.149. The Kier molecular flexibility index (Phi) is 18.9. The second-order valence-corrected chi connectivity index (χ2v) is 21.8. The van der Waals surface area contributed by atoms with Crippen molar-refractivity contribution in [3.05, 3.63) is 119 Å². The van der Waals surface area contributed by atoms with Crippen LogP contribution in [0, 0.1) is 36.5 Å². The number of aromatic nitrogens is 2. The molecule has 0 radical (unpaired) electrons. The highest BCUT2D eigenvalue weighted by atomic mass is 32.2. The molecule has 0 spiro atoms. The number of carbonyl (C=O) groups is 1.